The molecule has 174 valence electrons. The van der Waals surface area contributed by atoms with E-state index in [1.807, 2.05) is 50.2 Å². The Hall–Kier alpha value is -2.61. The Kier molecular flexibility index (Phi) is 6.93. The van der Waals surface area contributed by atoms with Crippen molar-refractivity contribution in [3.63, 3.8) is 0 Å². The van der Waals surface area contributed by atoms with E-state index in [4.69, 9.17) is 33.0 Å². The van der Waals surface area contributed by atoms with Crippen molar-refractivity contribution in [2.45, 2.75) is 33.0 Å². The number of aldehydes is 1. The van der Waals surface area contributed by atoms with Crippen molar-refractivity contribution in [3.05, 3.63) is 57.8 Å². The third kappa shape index (κ3) is 4.58. The van der Waals surface area contributed by atoms with Gasteiger partial charge in [0.2, 0.25) is 0 Å². The van der Waals surface area contributed by atoms with E-state index >= 15 is 0 Å². The molecule has 1 aliphatic heterocycles. The molecule has 33 heavy (non-hydrogen) atoms. The maximum atomic E-state index is 12.3. The average molecular weight is 488 g/mol. The lowest BCUT2D eigenvalue weighted by Gasteiger charge is -2.43. The van der Waals surface area contributed by atoms with Gasteiger partial charge in [-0.3, -0.25) is 14.7 Å². The van der Waals surface area contributed by atoms with Gasteiger partial charge in [-0.25, -0.2) is 4.68 Å². The normalized spacial score (nSPS) is 17.8. The first-order valence-electron chi connectivity index (χ1n) is 10.8. The molecule has 2 atom stereocenters. The van der Waals surface area contributed by atoms with Crippen LogP contribution < -0.4 is 9.64 Å². The van der Waals surface area contributed by atoms with Gasteiger partial charge in [0.1, 0.15) is 11.4 Å². The number of anilines is 1. The molecule has 0 aliphatic carbocycles. The standard InChI is InChI=1S/C24H27Cl2N5O2/c1-15-6-5-7-20(27-15)24-23(26)17(3)31(28-24)22(14-32)30-11-10-29(13-16(30)2)18-8-9-19(25)21(12-18)33-4/h5-9,12,14,16,22H,10-11,13H2,1-4H3/t16-,22?/m0/s1. The highest BCUT2D eigenvalue weighted by Gasteiger charge is 2.33. The molecular formula is C24H27Cl2N5O2. The number of aryl methyl sites for hydroxylation is 1. The van der Waals surface area contributed by atoms with Gasteiger partial charge in [-0.15, -0.1) is 0 Å². The van der Waals surface area contributed by atoms with Gasteiger partial charge >= 0.3 is 0 Å². The molecule has 1 saturated heterocycles. The molecule has 9 heteroatoms. The van der Waals surface area contributed by atoms with Crippen LogP contribution in [0.4, 0.5) is 5.69 Å². The number of benzene rings is 1. The zero-order valence-corrected chi connectivity index (χ0v) is 20.6. The molecule has 1 aliphatic rings. The van der Waals surface area contributed by atoms with Crippen molar-refractivity contribution >= 4 is 35.2 Å². The second kappa shape index (κ2) is 9.71. The Morgan fingerprint density at radius 2 is 1.97 bits per heavy atom. The lowest BCUT2D eigenvalue weighted by molar-refractivity contribution is -0.117. The van der Waals surface area contributed by atoms with Crippen LogP contribution in [0, 0.1) is 13.8 Å². The van der Waals surface area contributed by atoms with Gasteiger partial charge in [0.25, 0.3) is 0 Å². The Morgan fingerprint density at radius 3 is 2.64 bits per heavy atom. The number of aromatic nitrogens is 3. The number of pyridine rings is 1. The number of hydrogen-bond acceptors (Lipinski definition) is 6. The maximum Gasteiger partial charge on any atom is 0.161 e. The molecule has 0 saturated carbocycles. The molecule has 3 aromatic rings. The molecule has 0 bridgehead atoms. The highest BCUT2D eigenvalue weighted by Crippen LogP contribution is 2.33. The smallest absolute Gasteiger partial charge is 0.161 e. The van der Waals surface area contributed by atoms with Crippen molar-refractivity contribution in [1.82, 2.24) is 19.7 Å². The Balaban J connectivity index is 1.58. The minimum Gasteiger partial charge on any atom is -0.495 e. The summed E-state index contributed by atoms with van der Waals surface area (Å²) in [5.74, 6) is 0.647. The zero-order chi connectivity index (χ0) is 23.7. The van der Waals surface area contributed by atoms with Crippen molar-refractivity contribution < 1.29 is 9.53 Å². The molecule has 2 aromatic heterocycles. The number of methoxy groups -OCH3 is 1. The highest BCUT2D eigenvalue weighted by molar-refractivity contribution is 6.33. The number of carbonyl (C=O) groups is 1. The molecule has 1 unspecified atom stereocenters. The van der Waals surface area contributed by atoms with E-state index in [1.165, 1.54) is 0 Å². The largest absolute Gasteiger partial charge is 0.495 e. The molecule has 0 N–H and O–H groups in total. The SMILES string of the molecule is COc1cc(N2CCN(C(C=O)n3nc(-c4cccc(C)n4)c(Cl)c3C)[C@@H](C)C2)ccc1Cl. The summed E-state index contributed by atoms with van der Waals surface area (Å²) in [5, 5.41) is 5.81. The van der Waals surface area contributed by atoms with Crippen molar-refractivity contribution in [2.24, 2.45) is 0 Å². The third-order valence-electron chi connectivity index (χ3n) is 6.10. The van der Waals surface area contributed by atoms with E-state index in [0.29, 0.717) is 33.7 Å². The number of ether oxygens (including phenoxy) is 1. The Bertz CT molecular complexity index is 1170. The average Bonchev–Trinajstić information content (AvgIpc) is 3.10. The topological polar surface area (TPSA) is 63.5 Å². The summed E-state index contributed by atoms with van der Waals surface area (Å²) < 4.78 is 7.08. The lowest BCUT2D eigenvalue weighted by Crippen LogP contribution is -2.54. The van der Waals surface area contributed by atoms with Crippen LogP contribution in [0.5, 0.6) is 5.75 Å². The monoisotopic (exact) mass is 487 g/mol. The summed E-state index contributed by atoms with van der Waals surface area (Å²) in [6.45, 7) is 8.10. The summed E-state index contributed by atoms with van der Waals surface area (Å²) in [6.07, 6.45) is 0.374. The molecule has 7 nitrogen and oxygen atoms in total. The molecule has 0 spiro atoms. The van der Waals surface area contributed by atoms with Gasteiger partial charge in [-0.2, -0.15) is 5.10 Å². The molecule has 0 amide bonds. The van der Waals surface area contributed by atoms with Crippen LogP contribution in [0.25, 0.3) is 11.4 Å². The van der Waals surface area contributed by atoms with E-state index < -0.39 is 6.17 Å². The summed E-state index contributed by atoms with van der Waals surface area (Å²) in [5.41, 5.74) is 3.94. The number of carbonyl (C=O) groups excluding carboxylic acids is 1. The fourth-order valence-corrected chi connectivity index (χ4v) is 4.73. The molecule has 4 rings (SSSR count). The van der Waals surface area contributed by atoms with Crippen molar-refractivity contribution in [3.8, 4) is 17.1 Å². The third-order valence-corrected chi connectivity index (χ3v) is 6.86. The lowest BCUT2D eigenvalue weighted by atomic mass is 10.1. The van der Waals surface area contributed by atoms with Crippen LogP contribution in [0.15, 0.2) is 36.4 Å². The van der Waals surface area contributed by atoms with E-state index in [1.54, 1.807) is 11.8 Å². The molecule has 1 fully saturated rings. The van der Waals surface area contributed by atoms with Crippen molar-refractivity contribution in [2.75, 3.05) is 31.6 Å². The number of halogens is 2. The summed E-state index contributed by atoms with van der Waals surface area (Å²) in [4.78, 5) is 21.3. The fourth-order valence-electron chi connectivity index (χ4n) is 4.32. The Morgan fingerprint density at radius 1 is 1.18 bits per heavy atom. The Labute approximate surface area is 203 Å². The van der Waals surface area contributed by atoms with Gasteiger partial charge in [0.05, 0.1) is 28.5 Å². The van der Waals surface area contributed by atoms with Crippen LogP contribution >= 0.6 is 23.2 Å². The molecule has 0 radical (unpaired) electrons. The first-order valence-corrected chi connectivity index (χ1v) is 11.6. The van der Waals surface area contributed by atoms with Gasteiger partial charge in [0.15, 0.2) is 12.5 Å². The summed E-state index contributed by atoms with van der Waals surface area (Å²) >= 11 is 12.8. The first kappa shape index (κ1) is 23.5. The highest BCUT2D eigenvalue weighted by atomic mass is 35.5. The van der Waals surface area contributed by atoms with Gasteiger partial charge in [-0.1, -0.05) is 29.3 Å². The summed E-state index contributed by atoms with van der Waals surface area (Å²) in [7, 11) is 1.61. The van der Waals surface area contributed by atoms with Gasteiger partial charge in [0, 0.05) is 43.1 Å². The van der Waals surface area contributed by atoms with Gasteiger partial charge < -0.3 is 9.64 Å². The van der Waals surface area contributed by atoms with E-state index in [9.17, 15) is 4.79 Å². The van der Waals surface area contributed by atoms with Crippen LogP contribution in [0.3, 0.4) is 0 Å². The minimum atomic E-state index is -0.557. The second-order valence-electron chi connectivity index (χ2n) is 8.26. The number of rotatable bonds is 6. The predicted molar refractivity (Wildman–Crippen MR) is 131 cm³/mol. The molecular weight excluding hydrogens is 461 g/mol. The van der Waals surface area contributed by atoms with Crippen LogP contribution in [-0.4, -0.2) is 58.7 Å². The number of nitrogens with zero attached hydrogens (tertiary/aromatic N) is 5. The predicted octanol–water partition coefficient (Wildman–Crippen LogP) is 4.79. The van der Waals surface area contributed by atoms with E-state index in [0.717, 1.165) is 36.5 Å². The maximum absolute atomic E-state index is 12.3. The van der Waals surface area contributed by atoms with Crippen LogP contribution in [0.2, 0.25) is 10.0 Å². The minimum absolute atomic E-state index is 0.0959. The van der Waals surface area contributed by atoms with Crippen molar-refractivity contribution in [1.29, 1.82) is 0 Å². The number of hydrogen-bond donors (Lipinski definition) is 0. The number of piperazine rings is 1. The van der Waals surface area contributed by atoms with E-state index in [2.05, 4.69) is 21.7 Å². The summed E-state index contributed by atoms with van der Waals surface area (Å²) in [6, 6.07) is 11.6. The van der Waals surface area contributed by atoms with E-state index in [-0.39, 0.29) is 6.04 Å². The van der Waals surface area contributed by atoms with Crippen LogP contribution in [0.1, 0.15) is 24.5 Å². The zero-order valence-electron chi connectivity index (χ0n) is 19.1. The second-order valence-corrected chi connectivity index (χ2v) is 9.04. The molecule has 3 heterocycles. The quantitative estimate of drug-likeness (QED) is 0.466. The first-order chi connectivity index (χ1) is 15.8. The van der Waals surface area contributed by atoms with Gasteiger partial charge in [-0.05, 0) is 45.0 Å². The van der Waals surface area contributed by atoms with Crippen LogP contribution in [-0.2, 0) is 4.79 Å². The fraction of sp³-hybridized carbons (Fsp3) is 0.375. The molecule has 1 aromatic carbocycles.